The van der Waals surface area contributed by atoms with Gasteiger partial charge in [0.25, 0.3) is 0 Å². The van der Waals surface area contributed by atoms with E-state index < -0.39 is 12.1 Å². The molecule has 14 heavy (non-hydrogen) atoms. The van der Waals surface area contributed by atoms with E-state index in [-0.39, 0.29) is 6.54 Å². The van der Waals surface area contributed by atoms with Gasteiger partial charge >= 0.3 is 6.03 Å². The highest BCUT2D eigenvalue weighted by Crippen LogP contribution is 1.91. The summed E-state index contributed by atoms with van der Waals surface area (Å²) in [7, 11) is 1.56. The minimum atomic E-state index is -0.568. The molecule has 0 aliphatic heterocycles. The largest absolute Gasteiger partial charge is 0.390 e. The van der Waals surface area contributed by atoms with Crippen LogP contribution in [0.3, 0.4) is 0 Å². The molecule has 0 aromatic carbocycles. The SMILES string of the molecule is CCC(C)NCC(O)CN(C)C(N)=O. The summed E-state index contributed by atoms with van der Waals surface area (Å²) in [5, 5.41) is 12.6. The molecule has 0 spiro atoms. The van der Waals surface area contributed by atoms with Gasteiger partial charge in [0.15, 0.2) is 0 Å². The van der Waals surface area contributed by atoms with E-state index in [2.05, 4.69) is 12.2 Å². The molecule has 0 aliphatic carbocycles. The van der Waals surface area contributed by atoms with Gasteiger partial charge in [0.2, 0.25) is 0 Å². The smallest absolute Gasteiger partial charge is 0.314 e. The topological polar surface area (TPSA) is 78.6 Å². The van der Waals surface area contributed by atoms with Crippen LogP contribution in [0.4, 0.5) is 4.79 Å². The fourth-order valence-corrected chi connectivity index (χ4v) is 0.952. The van der Waals surface area contributed by atoms with Crippen LogP contribution in [0.1, 0.15) is 20.3 Å². The van der Waals surface area contributed by atoms with Crippen LogP contribution in [0.15, 0.2) is 0 Å². The second-order valence-corrected chi connectivity index (χ2v) is 3.59. The predicted octanol–water partition coefficient (Wildman–Crippen LogP) is -0.254. The van der Waals surface area contributed by atoms with E-state index in [9.17, 15) is 9.90 Å². The van der Waals surface area contributed by atoms with Gasteiger partial charge in [0.05, 0.1) is 6.10 Å². The number of nitrogens with two attached hydrogens (primary N) is 1. The third-order valence-corrected chi connectivity index (χ3v) is 2.18. The number of rotatable bonds is 6. The Labute approximate surface area is 85.3 Å². The van der Waals surface area contributed by atoms with Crippen LogP contribution in [0.5, 0.6) is 0 Å². The predicted molar refractivity (Wildman–Crippen MR) is 56.0 cm³/mol. The first kappa shape index (κ1) is 13.2. The highest BCUT2D eigenvalue weighted by molar-refractivity contribution is 5.71. The molecular formula is C9H21N3O2. The van der Waals surface area contributed by atoms with Crippen molar-refractivity contribution in [1.82, 2.24) is 10.2 Å². The van der Waals surface area contributed by atoms with E-state index in [1.165, 1.54) is 4.90 Å². The number of hydrogen-bond acceptors (Lipinski definition) is 3. The Morgan fingerprint density at radius 2 is 2.21 bits per heavy atom. The Kier molecular flexibility index (Phi) is 6.23. The summed E-state index contributed by atoms with van der Waals surface area (Å²) < 4.78 is 0. The van der Waals surface area contributed by atoms with Gasteiger partial charge in [-0.2, -0.15) is 0 Å². The van der Waals surface area contributed by atoms with Crippen LogP contribution in [0.25, 0.3) is 0 Å². The van der Waals surface area contributed by atoms with Gasteiger partial charge in [-0.15, -0.1) is 0 Å². The molecule has 0 saturated carbocycles. The van der Waals surface area contributed by atoms with Crippen molar-refractivity contribution in [3.63, 3.8) is 0 Å². The molecule has 0 fully saturated rings. The minimum Gasteiger partial charge on any atom is -0.390 e. The fourth-order valence-electron chi connectivity index (χ4n) is 0.952. The average Bonchev–Trinajstić information content (AvgIpc) is 2.13. The number of primary amides is 1. The molecule has 5 nitrogen and oxygen atoms in total. The quantitative estimate of drug-likeness (QED) is 0.557. The summed E-state index contributed by atoms with van der Waals surface area (Å²) >= 11 is 0. The molecule has 2 atom stereocenters. The molecule has 4 N–H and O–H groups in total. The van der Waals surface area contributed by atoms with Gasteiger partial charge < -0.3 is 21.1 Å². The lowest BCUT2D eigenvalue weighted by Gasteiger charge is -2.20. The number of nitrogens with zero attached hydrogens (tertiary/aromatic N) is 1. The molecule has 0 bridgehead atoms. The average molecular weight is 203 g/mol. The Balaban J connectivity index is 3.64. The molecule has 0 aromatic heterocycles. The van der Waals surface area contributed by atoms with Gasteiger partial charge in [0, 0.05) is 26.2 Å². The van der Waals surface area contributed by atoms with Crippen molar-refractivity contribution in [1.29, 1.82) is 0 Å². The van der Waals surface area contributed by atoms with Crippen molar-refractivity contribution >= 4 is 6.03 Å². The van der Waals surface area contributed by atoms with Crippen molar-refractivity contribution in [2.75, 3.05) is 20.1 Å². The first-order valence-corrected chi connectivity index (χ1v) is 4.89. The number of amides is 2. The third-order valence-electron chi connectivity index (χ3n) is 2.18. The molecule has 0 radical (unpaired) electrons. The maximum Gasteiger partial charge on any atom is 0.314 e. The molecule has 84 valence electrons. The Bertz CT molecular complexity index is 175. The molecule has 0 saturated heterocycles. The summed E-state index contributed by atoms with van der Waals surface area (Å²) in [5.41, 5.74) is 5.02. The summed E-state index contributed by atoms with van der Waals surface area (Å²) in [4.78, 5) is 11.9. The molecular weight excluding hydrogens is 182 g/mol. The monoisotopic (exact) mass is 203 g/mol. The molecule has 2 amide bonds. The zero-order valence-electron chi connectivity index (χ0n) is 9.16. The van der Waals surface area contributed by atoms with Crippen LogP contribution in [0.2, 0.25) is 0 Å². The van der Waals surface area contributed by atoms with E-state index in [4.69, 9.17) is 5.73 Å². The number of carbonyl (C=O) groups excluding carboxylic acids is 1. The maximum absolute atomic E-state index is 10.6. The standard InChI is InChI=1S/C9H21N3O2/c1-4-7(2)11-5-8(13)6-12(3)9(10)14/h7-8,11,13H,4-6H2,1-3H3,(H2,10,14). The molecule has 5 heteroatoms. The summed E-state index contributed by atoms with van der Waals surface area (Å²) in [6.45, 7) is 4.86. The van der Waals surface area contributed by atoms with Crippen molar-refractivity contribution in [2.24, 2.45) is 5.73 Å². The van der Waals surface area contributed by atoms with Gasteiger partial charge in [-0.1, -0.05) is 6.92 Å². The molecule has 0 aromatic rings. The van der Waals surface area contributed by atoms with Crippen molar-refractivity contribution in [3.05, 3.63) is 0 Å². The van der Waals surface area contributed by atoms with E-state index in [1.54, 1.807) is 7.05 Å². The van der Waals surface area contributed by atoms with Crippen LogP contribution in [-0.2, 0) is 0 Å². The molecule has 0 aliphatic rings. The Morgan fingerprint density at radius 3 is 2.64 bits per heavy atom. The van der Waals surface area contributed by atoms with Crippen LogP contribution >= 0.6 is 0 Å². The number of likely N-dealkylation sites (N-methyl/N-ethyl adjacent to an activating group) is 1. The first-order valence-electron chi connectivity index (χ1n) is 4.89. The Hall–Kier alpha value is -0.810. The van der Waals surface area contributed by atoms with Crippen LogP contribution in [0, 0.1) is 0 Å². The Morgan fingerprint density at radius 1 is 1.64 bits per heavy atom. The molecule has 2 unspecified atom stereocenters. The van der Waals surface area contributed by atoms with Crippen molar-refractivity contribution < 1.29 is 9.90 Å². The number of hydrogen-bond donors (Lipinski definition) is 3. The number of aliphatic hydroxyl groups excluding tert-OH is 1. The second-order valence-electron chi connectivity index (χ2n) is 3.59. The first-order chi connectivity index (χ1) is 6.47. The van der Waals surface area contributed by atoms with Crippen molar-refractivity contribution in [2.45, 2.75) is 32.4 Å². The highest BCUT2D eigenvalue weighted by Gasteiger charge is 2.11. The van der Waals surface area contributed by atoms with E-state index in [0.717, 1.165) is 6.42 Å². The number of nitrogens with one attached hydrogen (secondary N) is 1. The van der Waals surface area contributed by atoms with Crippen molar-refractivity contribution in [3.8, 4) is 0 Å². The molecule has 0 rings (SSSR count). The summed E-state index contributed by atoms with van der Waals surface area (Å²) in [6.07, 6.45) is 0.444. The summed E-state index contributed by atoms with van der Waals surface area (Å²) in [5.74, 6) is 0. The third kappa shape index (κ3) is 5.77. The van der Waals surface area contributed by atoms with Crippen LogP contribution in [-0.4, -0.2) is 48.3 Å². The fraction of sp³-hybridized carbons (Fsp3) is 0.889. The summed E-state index contributed by atoms with van der Waals surface area (Å²) in [6, 6.07) is -0.142. The second kappa shape index (κ2) is 6.62. The zero-order valence-corrected chi connectivity index (χ0v) is 9.16. The molecule has 0 heterocycles. The van der Waals surface area contributed by atoms with Crippen LogP contribution < -0.4 is 11.1 Å². The lowest BCUT2D eigenvalue weighted by atomic mass is 10.2. The maximum atomic E-state index is 10.6. The van der Waals surface area contributed by atoms with E-state index in [1.807, 2.05) is 6.92 Å². The zero-order chi connectivity index (χ0) is 11.1. The van der Waals surface area contributed by atoms with Gasteiger partial charge in [-0.3, -0.25) is 0 Å². The number of aliphatic hydroxyl groups is 1. The highest BCUT2D eigenvalue weighted by atomic mass is 16.3. The van der Waals surface area contributed by atoms with Gasteiger partial charge in [-0.05, 0) is 13.3 Å². The van der Waals surface area contributed by atoms with E-state index >= 15 is 0 Å². The minimum absolute atomic E-state index is 0.263. The number of carbonyl (C=O) groups is 1. The van der Waals surface area contributed by atoms with E-state index in [0.29, 0.717) is 12.6 Å². The lowest BCUT2D eigenvalue weighted by Crippen LogP contribution is -2.43. The van der Waals surface area contributed by atoms with Gasteiger partial charge in [0.1, 0.15) is 0 Å². The number of urea groups is 1. The van der Waals surface area contributed by atoms with Gasteiger partial charge in [-0.25, -0.2) is 4.79 Å². The lowest BCUT2D eigenvalue weighted by molar-refractivity contribution is 0.129. The normalized spacial score (nSPS) is 14.9.